The van der Waals surface area contributed by atoms with Crippen molar-refractivity contribution in [1.82, 2.24) is 9.88 Å². The number of rotatable bonds is 2. The number of pyridine rings is 1. The Morgan fingerprint density at radius 1 is 1.26 bits per heavy atom. The lowest BCUT2D eigenvalue weighted by Crippen LogP contribution is -2.29. The van der Waals surface area contributed by atoms with Gasteiger partial charge in [0.2, 0.25) is 11.8 Å². The molecule has 2 amide bonds. The van der Waals surface area contributed by atoms with Gasteiger partial charge in [-0.25, -0.2) is 0 Å². The molecule has 102 valence electrons. The van der Waals surface area contributed by atoms with Crippen LogP contribution in [0.25, 0.3) is 0 Å². The molecular formula is C11H8ClF3N2O2. The lowest BCUT2D eigenvalue weighted by Gasteiger charge is -2.15. The van der Waals surface area contributed by atoms with Gasteiger partial charge in [0, 0.05) is 19.0 Å². The minimum absolute atomic E-state index is 0.0678. The molecule has 0 bridgehead atoms. The Hall–Kier alpha value is -1.63. The summed E-state index contributed by atoms with van der Waals surface area (Å²) in [5.74, 6) is -0.745. The van der Waals surface area contributed by atoms with Gasteiger partial charge in [0.1, 0.15) is 0 Å². The summed E-state index contributed by atoms with van der Waals surface area (Å²) in [6.07, 6.45) is -3.69. The van der Waals surface area contributed by atoms with Crippen LogP contribution in [0.2, 0.25) is 5.02 Å². The molecule has 1 fully saturated rings. The van der Waals surface area contributed by atoms with E-state index in [2.05, 4.69) is 4.98 Å². The van der Waals surface area contributed by atoms with Gasteiger partial charge in [-0.3, -0.25) is 19.5 Å². The number of alkyl halides is 3. The highest BCUT2D eigenvalue weighted by Gasteiger charge is 2.33. The molecule has 8 heteroatoms. The number of carbonyl (C=O) groups excluding carboxylic acids is 2. The quantitative estimate of drug-likeness (QED) is 0.787. The number of aromatic nitrogens is 1. The van der Waals surface area contributed by atoms with Gasteiger partial charge in [-0.15, -0.1) is 0 Å². The monoisotopic (exact) mass is 292 g/mol. The Morgan fingerprint density at radius 3 is 2.32 bits per heavy atom. The van der Waals surface area contributed by atoms with Crippen molar-refractivity contribution in [2.45, 2.75) is 25.6 Å². The zero-order valence-corrected chi connectivity index (χ0v) is 10.3. The van der Waals surface area contributed by atoms with Crippen LogP contribution in [0.4, 0.5) is 13.2 Å². The van der Waals surface area contributed by atoms with Crippen LogP contribution in [0.1, 0.15) is 24.1 Å². The van der Waals surface area contributed by atoms with E-state index < -0.39 is 11.7 Å². The second kappa shape index (κ2) is 4.80. The second-order valence-corrected chi connectivity index (χ2v) is 4.43. The van der Waals surface area contributed by atoms with Crippen LogP contribution in [0.3, 0.4) is 0 Å². The molecule has 0 N–H and O–H groups in total. The van der Waals surface area contributed by atoms with Crippen LogP contribution < -0.4 is 0 Å². The van der Waals surface area contributed by atoms with E-state index in [1.807, 2.05) is 0 Å². The molecule has 0 spiro atoms. The Morgan fingerprint density at radius 2 is 1.84 bits per heavy atom. The van der Waals surface area contributed by atoms with E-state index in [1.165, 1.54) is 0 Å². The van der Waals surface area contributed by atoms with Crippen molar-refractivity contribution in [3.05, 3.63) is 28.5 Å². The number of carbonyl (C=O) groups is 2. The zero-order chi connectivity index (χ0) is 14.2. The number of likely N-dealkylation sites (tertiary alicyclic amines) is 1. The molecule has 1 aliphatic rings. The fraction of sp³-hybridized carbons (Fsp3) is 0.364. The molecule has 1 aromatic rings. The third-order valence-electron chi connectivity index (χ3n) is 2.71. The van der Waals surface area contributed by atoms with Gasteiger partial charge in [-0.1, -0.05) is 11.6 Å². The fourth-order valence-electron chi connectivity index (χ4n) is 1.69. The molecule has 1 aliphatic heterocycles. The van der Waals surface area contributed by atoms with Crippen molar-refractivity contribution in [2.24, 2.45) is 0 Å². The molecule has 0 aliphatic carbocycles. The lowest BCUT2D eigenvalue weighted by molar-refractivity contribution is -0.140. The summed E-state index contributed by atoms with van der Waals surface area (Å²) in [5.41, 5.74) is -0.904. The van der Waals surface area contributed by atoms with E-state index in [0.717, 1.165) is 11.0 Å². The third kappa shape index (κ3) is 2.86. The minimum atomic E-state index is -4.53. The van der Waals surface area contributed by atoms with Crippen LogP contribution >= 0.6 is 11.6 Å². The second-order valence-electron chi connectivity index (χ2n) is 4.02. The summed E-state index contributed by atoms with van der Waals surface area (Å²) in [5, 5.41) is -0.220. The van der Waals surface area contributed by atoms with Crippen LogP contribution in [-0.2, 0) is 22.3 Å². The molecule has 2 heterocycles. The Labute approximate surface area is 111 Å². The highest BCUT2D eigenvalue weighted by Crippen LogP contribution is 2.31. The van der Waals surface area contributed by atoms with Crippen LogP contribution in [0.15, 0.2) is 12.3 Å². The van der Waals surface area contributed by atoms with Crippen LogP contribution in [-0.4, -0.2) is 21.7 Å². The maximum atomic E-state index is 12.4. The van der Waals surface area contributed by atoms with Gasteiger partial charge in [-0.2, -0.15) is 13.2 Å². The van der Waals surface area contributed by atoms with Crippen molar-refractivity contribution >= 4 is 23.4 Å². The SMILES string of the molecule is O=C1CCC(=O)N1Cc1ncc(C(F)(F)F)cc1Cl. The third-order valence-corrected chi connectivity index (χ3v) is 3.03. The molecule has 0 saturated carbocycles. The number of hydrogen-bond acceptors (Lipinski definition) is 3. The molecule has 2 rings (SSSR count). The first kappa shape index (κ1) is 13.8. The maximum Gasteiger partial charge on any atom is 0.417 e. The average molecular weight is 293 g/mol. The number of amides is 2. The van der Waals surface area contributed by atoms with Crippen molar-refractivity contribution in [2.75, 3.05) is 0 Å². The number of halogens is 4. The van der Waals surface area contributed by atoms with E-state index in [-0.39, 0.29) is 41.9 Å². The van der Waals surface area contributed by atoms with Crippen LogP contribution in [0.5, 0.6) is 0 Å². The summed E-state index contributed by atoms with van der Waals surface area (Å²) >= 11 is 5.70. The first-order valence-corrected chi connectivity index (χ1v) is 5.71. The first-order chi connectivity index (χ1) is 8.79. The van der Waals surface area contributed by atoms with Gasteiger partial charge in [0.25, 0.3) is 0 Å². The normalized spacial score (nSPS) is 16.3. The van der Waals surface area contributed by atoms with E-state index in [9.17, 15) is 22.8 Å². The standard InChI is InChI=1S/C11H8ClF3N2O2/c12-7-3-6(11(13,14)15)4-16-8(7)5-17-9(18)1-2-10(17)19/h3-4H,1-2,5H2. The molecule has 0 aromatic carbocycles. The zero-order valence-electron chi connectivity index (χ0n) is 9.50. The van der Waals surface area contributed by atoms with E-state index in [4.69, 9.17) is 11.6 Å². The number of nitrogens with zero attached hydrogens (tertiary/aromatic N) is 2. The highest BCUT2D eigenvalue weighted by molar-refractivity contribution is 6.31. The van der Waals surface area contributed by atoms with Gasteiger partial charge in [0.15, 0.2) is 0 Å². The molecular weight excluding hydrogens is 285 g/mol. The first-order valence-electron chi connectivity index (χ1n) is 5.34. The largest absolute Gasteiger partial charge is 0.417 e. The van der Waals surface area contributed by atoms with Crippen LogP contribution in [0, 0.1) is 0 Å². The average Bonchev–Trinajstić information content (AvgIpc) is 2.62. The molecule has 19 heavy (non-hydrogen) atoms. The molecule has 0 atom stereocenters. The van der Waals surface area contributed by atoms with E-state index in [0.29, 0.717) is 6.20 Å². The highest BCUT2D eigenvalue weighted by atomic mass is 35.5. The molecule has 0 unspecified atom stereocenters. The Bertz CT molecular complexity index is 529. The Balaban J connectivity index is 2.23. The number of imide groups is 1. The van der Waals surface area contributed by atoms with Crippen molar-refractivity contribution in [3.8, 4) is 0 Å². The lowest BCUT2D eigenvalue weighted by atomic mass is 10.2. The van der Waals surface area contributed by atoms with Gasteiger partial charge >= 0.3 is 6.18 Å². The molecule has 1 saturated heterocycles. The predicted molar refractivity (Wildman–Crippen MR) is 59.0 cm³/mol. The smallest absolute Gasteiger partial charge is 0.276 e. The minimum Gasteiger partial charge on any atom is -0.276 e. The summed E-state index contributed by atoms with van der Waals surface area (Å²) in [4.78, 5) is 27.3. The van der Waals surface area contributed by atoms with E-state index in [1.54, 1.807) is 0 Å². The van der Waals surface area contributed by atoms with Crippen molar-refractivity contribution in [1.29, 1.82) is 0 Å². The topological polar surface area (TPSA) is 50.3 Å². The summed E-state index contributed by atoms with van der Waals surface area (Å²) in [7, 11) is 0. The Kier molecular flexibility index (Phi) is 3.49. The van der Waals surface area contributed by atoms with Gasteiger partial charge in [-0.05, 0) is 6.07 Å². The fourth-order valence-corrected chi connectivity index (χ4v) is 1.91. The predicted octanol–water partition coefficient (Wildman–Crippen LogP) is 2.40. The molecule has 1 aromatic heterocycles. The molecule has 0 radical (unpaired) electrons. The maximum absolute atomic E-state index is 12.4. The van der Waals surface area contributed by atoms with Crippen molar-refractivity contribution in [3.63, 3.8) is 0 Å². The summed E-state index contributed by atoms with van der Waals surface area (Å²) < 4.78 is 37.2. The summed E-state index contributed by atoms with van der Waals surface area (Å²) in [6.45, 7) is -0.200. The van der Waals surface area contributed by atoms with E-state index >= 15 is 0 Å². The number of hydrogen-bond donors (Lipinski definition) is 0. The van der Waals surface area contributed by atoms with Gasteiger partial charge < -0.3 is 0 Å². The van der Waals surface area contributed by atoms with Crippen molar-refractivity contribution < 1.29 is 22.8 Å². The van der Waals surface area contributed by atoms with Gasteiger partial charge in [0.05, 0.1) is 22.8 Å². The summed E-state index contributed by atoms with van der Waals surface area (Å²) in [6, 6.07) is 0.731. The molecule has 4 nitrogen and oxygen atoms in total.